The zero-order valence-corrected chi connectivity index (χ0v) is 10.6. The second kappa shape index (κ2) is 6.20. The predicted molar refractivity (Wildman–Crippen MR) is 68.8 cm³/mol. The van der Waals surface area contributed by atoms with Gasteiger partial charge in [-0.15, -0.1) is 0 Å². The summed E-state index contributed by atoms with van der Waals surface area (Å²) in [4.78, 5) is 15.1. The first-order valence-corrected chi connectivity index (χ1v) is 5.70. The number of hydrogen-bond donors (Lipinski definition) is 3. The fourth-order valence-corrected chi connectivity index (χ4v) is 1.69. The zero-order valence-electron chi connectivity index (χ0n) is 10.6. The van der Waals surface area contributed by atoms with Gasteiger partial charge in [0.05, 0.1) is 0 Å². The number of nitrogens with zero attached hydrogens (tertiary/aromatic N) is 1. The van der Waals surface area contributed by atoms with Crippen molar-refractivity contribution in [3.8, 4) is 0 Å². The Balaban J connectivity index is 2.66. The number of aryl methyl sites for hydroxylation is 2. The molecule has 1 aromatic rings. The first-order chi connectivity index (χ1) is 8.04. The van der Waals surface area contributed by atoms with Gasteiger partial charge >= 0.3 is 0 Å². The van der Waals surface area contributed by atoms with Crippen molar-refractivity contribution in [1.82, 2.24) is 10.3 Å². The predicted octanol–water partition coefficient (Wildman–Crippen LogP) is 0.705. The van der Waals surface area contributed by atoms with Gasteiger partial charge in [0.2, 0.25) is 5.91 Å². The fraction of sp³-hybridized carbons (Fsp3) is 0.500. The molecule has 0 atom stereocenters. The number of hydrogen-bond acceptors (Lipinski definition) is 4. The topological polar surface area (TPSA) is 80.0 Å². The van der Waals surface area contributed by atoms with Crippen LogP contribution in [-0.4, -0.2) is 24.0 Å². The normalized spacial score (nSPS) is 10.1. The van der Waals surface area contributed by atoms with E-state index in [1.165, 1.54) is 6.92 Å². The summed E-state index contributed by atoms with van der Waals surface area (Å²) in [6.45, 7) is 7.15. The van der Waals surface area contributed by atoms with Crippen LogP contribution in [0.4, 0.5) is 5.82 Å². The van der Waals surface area contributed by atoms with E-state index in [4.69, 9.17) is 5.73 Å². The van der Waals surface area contributed by atoms with Crippen LogP contribution in [0, 0.1) is 13.8 Å². The second-order valence-corrected chi connectivity index (χ2v) is 4.02. The van der Waals surface area contributed by atoms with Gasteiger partial charge in [-0.3, -0.25) is 4.79 Å². The van der Waals surface area contributed by atoms with Crippen molar-refractivity contribution in [2.75, 3.05) is 18.4 Å². The first kappa shape index (κ1) is 13.4. The standard InChI is InChI=1S/C12H20N4O/c1-8-6-9(2)16-12(11(8)7-13)15-5-4-14-10(3)17/h6H,4-5,7,13H2,1-3H3,(H,14,17)(H,15,16). The maximum atomic E-state index is 10.7. The summed E-state index contributed by atoms with van der Waals surface area (Å²) < 4.78 is 0. The van der Waals surface area contributed by atoms with Crippen molar-refractivity contribution >= 4 is 11.7 Å². The van der Waals surface area contributed by atoms with Crippen LogP contribution in [0.25, 0.3) is 0 Å². The van der Waals surface area contributed by atoms with Gasteiger partial charge in [0.1, 0.15) is 5.82 Å². The summed E-state index contributed by atoms with van der Waals surface area (Å²) in [5.41, 5.74) is 8.83. The molecule has 5 heteroatoms. The smallest absolute Gasteiger partial charge is 0.216 e. The molecule has 0 radical (unpaired) electrons. The third kappa shape index (κ3) is 4.03. The van der Waals surface area contributed by atoms with Gasteiger partial charge in [-0.2, -0.15) is 0 Å². The van der Waals surface area contributed by atoms with Crippen molar-refractivity contribution in [3.05, 3.63) is 22.9 Å². The lowest BCUT2D eigenvalue weighted by Gasteiger charge is -2.13. The molecule has 1 aromatic heterocycles. The molecule has 0 spiro atoms. The van der Waals surface area contributed by atoms with Crippen molar-refractivity contribution in [3.63, 3.8) is 0 Å². The Kier molecular flexibility index (Phi) is 4.90. The van der Waals surface area contributed by atoms with Crippen LogP contribution in [0.3, 0.4) is 0 Å². The van der Waals surface area contributed by atoms with E-state index in [0.717, 1.165) is 22.6 Å². The summed E-state index contributed by atoms with van der Waals surface area (Å²) in [6.07, 6.45) is 0. The summed E-state index contributed by atoms with van der Waals surface area (Å²) in [7, 11) is 0. The molecular weight excluding hydrogens is 216 g/mol. The Morgan fingerprint density at radius 2 is 2.12 bits per heavy atom. The number of aromatic nitrogens is 1. The lowest BCUT2D eigenvalue weighted by Crippen LogP contribution is -2.27. The van der Waals surface area contributed by atoms with Crippen LogP contribution in [0.15, 0.2) is 6.07 Å². The van der Waals surface area contributed by atoms with Crippen LogP contribution in [-0.2, 0) is 11.3 Å². The monoisotopic (exact) mass is 236 g/mol. The Bertz CT molecular complexity index is 404. The number of anilines is 1. The maximum Gasteiger partial charge on any atom is 0.216 e. The Morgan fingerprint density at radius 1 is 1.41 bits per heavy atom. The number of nitrogens with two attached hydrogens (primary N) is 1. The minimum absolute atomic E-state index is 0.0285. The van der Waals surface area contributed by atoms with Crippen LogP contribution in [0.1, 0.15) is 23.7 Å². The highest BCUT2D eigenvalue weighted by molar-refractivity contribution is 5.72. The maximum absolute atomic E-state index is 10.7. The van der Waals surface area contributed by atoms with Crippen LogP contribution < -0.4 is 16.4 Å². The third-order valence-corrected chi connectivity index (χ3v) is 2.47. The highest BCUT2D eigenvalue weighted by atomic mass is 16.1. The lowest BCUT2D eigenvalue weighted by molar-refractivity contribution is -0.118. The van der Waals surface area contributed by atoms with Crippen LogP contribution >= 0.6 is 0 Å². The highest BCUT2D eigenvalue weighted by Crippen LogP contribution is 2.17. The Hall–Kier alpha value is -1.62. The van der Waals surface area contributed by atoms with Crippen LogP contribution in [0.5, 0.6) is 0 Å². The van der Waals surface area contributed by atoms with Gasteiger partial charge in [-0.1, -0.05) is 0 Å². The second-order valence-electron chi connectivity index (χ2n) is 4.02. The quantitative estimate of drug-likeness (QED) is 0.658. The first-order valence-electron chi connectivity index (χ1n) is 5.70. The number of carbonyl (C=O) groups is 1. The van der Waals surface area contributed by atoms with Gasteiger partial charge < -0.3 is 16.4 Å². The van der Waals surface area contributed by atoms with Crippen LogP contribution in [0.2, 0.25) is 0 Å². The van der Waals surface area contributed by atoms with Gasteiger partial charge in [0.15, 0.2) is 0 Å². The zero-order chi connectivity index (χ0) is 12.8. The molecular formula is C12H20N4O. The molecule has 0 bridgehead atoms. The third-order valence-electron chi connectivity index (χ3n) is 2.47. The van der Waals surface area contributed by atoms with E-state index in [2.05, 4.69) is 15.6 Å². The molecule has 0 aliphatic rings. The summed E-state index contributed by atoms with van der Waals surface area (Å²) in [5.74, 6) is 0.787. The van der Waals surface area contributed by atoms with Gasteiger partial charge in [0, 0.05) is 37.8 Å². The molecule has 5 nitrogen and oxygen atoms in total. The summed E-state index contributed by atoms with van der Waals surface area (Å²) in [5, 5.41) is 5.92. The SMILES string of the molecule is CC(=O)NCCNc1nc(C)cc(C)c1CN. The molecule has 94 valence electrons. The van der Waals surface area contributed by atoms with E-state index in [1.54, 1.807) is 0 Å². The minimum Gasteiger partial charge on any atom is -0.368 e. The van der Waals surface area contributed by atoms with E-state index >= 15 is 0 Å². The molecule has 1 heterocycles. The molecule has 0 fully saturated rings. The largest absolute Gasteiger partial charge is 0.368 e. The number of pyridine rings is 1. The van der Waals surface area contributed by atoms with Gasteiger partial charge in [0.25, 0.3) is 0 Å². The lowest BCUT2D eigenvalue weighted by atomic mass is 10.1. The molecule has 1 rings (SSSR count). The number of nitrogens with one attached hydrogen (secondary N) is 2. The molecule has 0 saturated heterocycles. The Morgan fingerprint density at radius 3 is 2.71 bits per heavy atom. The molecule has 0 aromatic carbocycles. The fourth-order valence-electron chi connectivity index (χ4n) is 1.69. The molecule has 17 heavy (non-hydrogen) atoms. The average molecular weight is 236 g/mol. The van der Waals surface area contributed by atoms with Crippen molar-refractivity contribution in [2.45, 2.75) is 27.3 Å². The van der Waals surface area contributed by atoms with Crippen molar-refractivity contribution in [1.29, 1.82) is 0 Å². The van der Waals surface area contributed by atoms with E-state index in [1.807, 2.05) is 19.9 Å². The minimum atomic E-state index is -0.0285. The Labute approximate surface area is 102 Å². The molecule has 0 aliphatic heterocycles. The van der Waals surface area contributed by atoms with Crippen molar-refractivity contribution in [2.24, 2.45) is 5.73 Å². The van der Waals surface area contributed by atoms with Crippen molar-refractivity contribution < 1.29 is 4.79 Å². The molecule has 0 aliphatic carbocycles. The van der Waals surface area contributed by atoms with E-state index < -0.39 is 0 Å². The van der Waals surface area contributed by atoms with Gasteiger partial charge in [-0.25, -0.2) is 4.98 Å². The van der Waals surface area contributed by atoms with E-state index in [-0.39, 0.29) is 5.91 Å². The highest BCUT2D eigenvalue weighted by Gasteiger charge is 2.06. The number of amides is 1. The molecule has 0 unspecified atom stereocenters. The number of rotatable bonds is 5. The summed E-state index contributed by atoms with van der Waals surface area (Å²) in [6, 6.07) is 2.02. The number of carbonyl (C=O) groups excluding carboxylic acids is 1. The van der Waals surface area contributed by atoms with Gasteiger partial charge in [-0.05, 0) is 25.5 Å². The summed E-state index contributed by atoms with van der Waals surface area (Å²) >= 11 is 0. The molecule has 0 saturated carbocycles. The van der Waals surface area contributed by atoms with E-state index in [0.29, 0.717) is 19.6 Å². The van der Waals surface area contributed by atoms with E-state index in [9.17, 15) is 4.79 Å². The average Bonchev–Trinajstić information content (AvgIpc) is 2.23. The molecule has 4 N–H and O–H groups in total. The molecule has 1 amide bonds.